The Bertz CT molecular complexity index is 829. The van der Waals surface area contributed by atoms with Crippen molar-refractivity contribution >= 4 is 44.3 Å². The Morgan fingerprint density at radius 1 is 1.24 bits per heavy atom. The monoisotopic (exact) mass is 355 g/mol. The number of carbonyl (C=O) groups is 1. The molecule has 7 heteroatoms. The predicted molar refractivity (Wildman–Crippen MR) is 104 cm³/mol. The smallest absolute Gasteiger partial charge is 0.239 e. The lowest BCUT2D eigenvalue weighted by molar-refractivity contribution is -0.117. The first-order valence-corrected chi connectivity index (χ1v) is 9.07. The van der Waals surface area contributed by atoms with E-state index in [1.807, 2.05) is 24.3 Å². The van der Waals surface area contributed by atoms with Crippen molar-refractivity contribution in [2.75, 3.05) is 25.0 Å². The maximum absolute atomic E-state index is 12.1. The lowest BCUT2D eigenvalue weighted by atomic mass is 10.1. The number of hydrogen-bond acceptors (Lipinski definition) is 6. The molecule has 6 nitrogen and oxygen atoms in total. The SMILES string of the molecule is CC(=N)SC(=N)c1ccc2cnc(NC(=O)CN3CCCC3)cc2c1. The molecule has 2 aromatic rings. The van der Waals surface area contributed by atoms with Crippen molar-refractivity contribution < 1.29 is 4.79 Å². The molecular weight excluding hydrogens is 334 g/mol. The summed E-state index contributed by atoms with van der Waals surface area (Å²) in [5, 5.41) is 21.0. The number of thioether (sulfide) groups is 1. The molecule has 130 valence electrons. The van der Waals surface area contributed by atoms with Crippen LogP contribution < -0.4 is 5.32 Å². The first-order chi connectivity index (χ1) is 12.0. The van der Waals surface area contributed by atoms with E-state index in [9.17, 15) is 4.79 Å². The number of aromatic nitrogens is 1. The summed E-state index contributed by atoms with van der Waals surface area (Å²) >= 11 is 1.12. The zero-order valence-corrected chi connectivity index (χ0v) is 14.9. The van der Waals surface area contributed by atoms with Gasteiger partial charge in [0.15, 0.2) is 0 Å². The summed E-state index contributed by atoms with van der Waals surface area (Å²) < 4.78 is 0. The van der Waals surface area contributed by atoms with Crippen LogP contribution >= 0.6 is 11.8 Å². The topological polar surface area (TPSA) is 92.9 Å². The number of hydrogen-bond donors (Lipinski definition) is 3. The molecular formula is C18H21N5OS. The molecule has 0 unspecified atom stereocenters. The molecule has 3 rings (SSSR count). The van der Waals surface area contributed by atoms with Gasteiger partial charge in [-0.3, -0.25) is 20.5 Å². The van der Waals surface area contributed by atoms with Crippen molar-refractivity contribution in [3.63, 3.8) is 0 Å². The minimum Gasteiger partial charge on any atom is -0.310 e. The van der Waals surface area contributed by atoms with E-state index in [4.69, 9.17) is 10.8 Å². The zero-order chi connectivity index (χ0) is 17.8. The van der Waals surface area contributed by atoms with Gasteiger partial charge >= 0.3 is 0 Å². The second-order valence-electron chi connectivity index (χ2n) is 6.15. The molecule has 0 radical (unpaired) electrons. The van der Waals surface area contributed by atoms with Crippen LogP contribution in [-0.2, 0) is 4.79 Å². The van der Waals surface area contributed by atoms with E-state index in [1.165, 1.54) is 0 Å². The molecule has 1 saturated heterocycles. The van der Waals surface area contributed by atoms with Crippen LogP contribution in [0.15, 0.2) is 30.5 Å². The number of fused-ring (bicyclic) bond motifs is 1. The van der Waals surface area contributed by atoms with E-state index >= 15 is 0 Å². The van der Waals surface area contributed by atoms with E-state index in [-0.39, 0.29) is 5.91 Å². The standard InChI is InChI=1S/C18H21N5OS/c1-12(19)25-18(20)13-4-5-14-10-21-16(9-15(14)8-13)22-17(24)11-23-6-2-3-7-23/h4-5,8-10,19-20H,2-3,6-7,11H2,1H3,(H,21,22,24). The lowest BCUT2D eigenvalue weighted by Crippen LogP contribution is -2.31. The summed E-state index contributed by atoms with van der Waals surface area (Å²) in [4.78, 5) is 18.6. The highest BCUT2D eigenvalue weighted by Crippen LogP contribution is 2.21. The van der Waals surface area contributed by atoms with E-state index in [2.05, 4.69) is 15.2 Å². The number of anilines is 1. The molecule has 2 heterocycles. The quantitative estimate of drug-likeness (QED) is 0.579. The predicted octanol–water partition coefficient (Wildman–Crippen LogP) is 3.32. The number of benzene rings is 1. The Labute approximate surface area is 151 Å². The van der Waals surface area contributed by atoms with Gasteiger partial charge in [-0.05, 0) is 50.4 Å². The van der Waals surface area contributed by atoms with Crippen LogP contribution in [-0.4, -0.2) is 45.5 Å². The van der Waals surface area contributed by atoms with Crippen molar-refractivity contribution in [2.24, 2.45) is 0 Å². The number of likely N-dealkylation sites (tertiary alicyclic amines) is 1. The molecule has 0 spiro atoms. The average Bonchev–Trinajstić information content (AvgIpc) is 3.06. The molecule has 1 aromatic heterocycles. The van der Waals surface area contributed by atoms with Crippen LogP contribution in [0.2, 0.25) is 0 Å². The normalized spacial score (nSPS) is 14.6. The van der Waals surface area contributed by atoms with Crippen LogP contribution in [0.25, 0.3) is 10.8 Å². The van der Waals surface area contributed by atoms with E-state index < -0.39 is 0 Å². The van der Waals surface area contributed by atoms with E-state index in [1.54, 1.807) is 13.1 Å². The minimum atomic E-state index is -0.0485. The van der Waals surface area contributed by atoms with E-state index in [0.717, 1.165) is 54.0 Å². The number of pyridine rings is 1. The molecule has 1 aliphatic rings. The highest BCUT2D eigenvalue weighted by molar-refractivity contribution is 8.26. The number of nitrogens with zero attached hydrogens (tertiary/aromatic N) is 2. The summed E-state index contributed by atoms with van der Waals surface area (Å²) in [5.74, 6) is 0.476. The Morgan fingerprint density at radius 3 is 2.72 bits per heavy atom. The van der Waals surface area contributed by atoms with Crippen LogP contribution in [0, 0.1) is 10.8 Å². The number of carbonyl (C=O) groups excluding carboxylic acids is 1. The Morgan fingerprint density at radius 2 is 2.00 bits per heavy atom. The van der Waals surface area contributed by atoms with Crippen molar-refractivity contribution in [2.45, 2.75) is 19.8 Å². The summed E-state index contributed by atoms with van der Waals surface area (Å²) in [7, 11) is 0. The third-order valence-electron chi connectivity index (χ3n) is 4.07. The van der Waals surface area contributed by atoms with Gasteiger partial charge in [0.25, 0.3) is 0 Å². The first kappa shape index (κ1) is 17.6. The minimum absolute atomic E-state index is 0.0485. The fourth-order valence-corrected chi connectivity index (χ4v) is 3.44. The third kappa shape index (κ3) is 4.64. The molecule has 1 aromatic carbocycles. The first-order valence-electron chi connectivity index (χ1n) is 8.25. The Balaban J connectivity index is 1.74. The molecule has 0 aliphatic carbocycles. The van der Waals surface area contributed by atoms with Gasteiger partial charge in [-0.2, -0.15) is 0 Å². The van der Waals surface area contributed by atoms with Crippen molar-refractivity contribution in [3.05, 3.63) is 36.0 Å². The maximum Gasteiger partial charge on any atom is 0.239 e. The second-order valence-corrected chi connectivity index (χ2v) is 7.38. The molecule has 1 aliphatic heterocycles. The van der Waals surface area contributed by atoms with E-state index in [0.29, 0.717) is 22.5 Å². The van der Waals surface area contributed by atoms with Crippen LogP contribution in [0.4, 0.5) is 5.82 Å². The van der Waals surface area contributed by atoms with Gasteiger partial charge in [0.05, 0.1) is 11.6 Å². The Kier molecular flexibility index (Phi) is 5.45. The lowest BCUT2D eigenvalue weighted by Gasteiger charge is -2.14. The van der Waals surface area contributed by atoms with Gasteiger partial charge in [0.1, 0.15) is 10.9 Å². The number of nitrogens with one attached hydrogen (secondary N) is 3. The average molecular weight is 355 g/mol. The van der Waals surface area contributed by atoms with Gasteiger partial charge < -0.3 is 5.32 Å². The van der Waals surface area contributed by atoms with Gasteiger partial charge in [-0.25, -0.2) is 4.98 Å². The maximum atomic E-state index is 12.1. The van der Waals surface area contributed by atoms with Crippen molar-refractivity contribution in [3.8, 4) is 0 Å². The van der Waals surface area contributed by atoms with Crippen LogP contribution in [0.3, 0.4) is 0 Å². The molecule has 25 heavy (non-hydrogen) atoms. The number of rotatable bonds is 4. The van der Waals surface area contributed by atoms with Gasteiger partial charge in [0.2, 0.25) is 5.91 Å². The summed E-state index contributed by atoms with van der Waals surface area (Å²) in [6, 6.07) is 7.48. The summed E-state index contributed by atoms with van der Waals surface area (Å²) in [5.41, 5.74) is 0.754. The highest BCUT2D eigenvalue weighted by atomic mass is 32.2. The Hall–Kier alpha value is -2.25. The van der Waals surface area contributed by atoms with Gasteiger partial charge in [-0.1, -0.05) is 23.9 Å². The van der Waals surface area contributed by atoms with Crippen molar-refractivity contribution in [1.29, 1.82) is 10.8 Å². The van der Waals surface area contributed by atoms with Gasteiger partial charge in [-0.15, -0.1) is 0 Å². The molecule has 0 bridgehead atoms. The molecule has 1 amide bonds. The molecule has 0 atom stereocenters. The summed E-state index contributed by atoms with van der Waals surface area (Å²) in [6.45, 7) is 4.03. The molecule has 1 fully saturated rings. The highest BCUT2D eigenvalue weighted by Gasteiger charge is 2.15. The summed E-state index contributed by atoms with van der Waals surface area (Å²) in [6.07, 6.45) is 4.04. The fraction of sp³-hybridized carbons (Fsp3) is 0.333. The second kappa shape index (κ2) is 7.76. The third-order valence-corrected chi connectivity index (χ3v) is 4.82. The van der Waals surface area contributed by atoms with Gasteiger partial charge in [0, 0.05) is 17.1 Å². The van der Waals surface area contributed by atoms with Crippen molar-refractivity contribution in [1.82, 2.24) is 9.88 Å². The molecule has 3 N–H and O–H groups in total. The van der Waals surface area contributed by atoms with Crippen LogP contribution in [0.1, 0.15) is 25.3 Å². The largest absolute Gasteiger partial charge is 0.310 e. The molecule has 0 saturated carbocycles. The zero-order valence-electron chi connectivity index (χ0n) is 14.1. The fourth-order valence-electron chi connectivity index (χ4n) is 2.89. The number of amides is 1. The van der Waals surface area contributed by atoms with Crippen LogP contribution in [0.5, 0.6) is 0 Å².